The van der Waals surface area contributed by atoms with E-state index in [0.717, 1.165) is 25.1 Å². The van der Waals surface area contributed by atoms with Crippen LogP contribution in [0.3, 0.4) is 0 Å². The van der Waals surface area contributed by atoms with Gasteiger partial charge in [0.1, 0.15) is 0 Å². The van der Waals surface area contributed by atoms with Gasteiger partial charge in [-0.1, -0.05) is 12.8 Å². The van der Waals surface area contributed by atoms with Crippen molar-refractivity contribution in [2.24, 2.45) is 0 Å². The third-order valence-corrected chi connectivity index (χ3v) is 3.40. The van der Waals surface area contributed by atoms with Crippen molar-refractivity contribution >= 4 is 11.7 Å². The van der Waals surface area contributed by atoms with Gasteiger partial charge in [0, 0.05) is 18.8 Å². The third-order valence-electron chi connectivity index (χ3n) is 3.40. The van der Waals surface area contributed by atoms with Crippen LogP contribution >= 0.6 is 0 Å². The van der Waals surface area contributed by atoms with E-state index in [-0.39, 0.29) is 5.69 Å². The molecule has 4 heteroatoms. The van der Waals surface area contributed by atoms with Crippen molar-refractivity contribution in [3.05, 3.63) is 24.0 Å². The molecule has 1 N–H and O–H groups in total. The van der Waals surface area contributed by atoms with Gasteiger partial charge >= 0.3 is 5.97 Å². The van der Waals surface area contributed by atoms with Crippen molar-refractivity contribution in [3.63, 3.8) is 0 Å². The van der Waals surface area contributed by atoms with Crippen LogP contribution in [0.1, 0.15) is 43.1 Å². The van der Waals surface area contributed by atoms with E-state index in [2.05, 4.69) is 16.8 Å². The molecule has 92 valence electrons. The normalized spacial score (nSPS) is 16.1. The summed E-state index contributed by atoms with van der Waals surface area (Å²) < 4.78 is 0. The highest BCUT2D eigenvalue weighted by atomic mass is 16.4. The molecule has 0 spiro atoms. The van der Waals surface area contributed by atoms with Gasteiger partial charge < -0.3 is 10.0 Å². The second-order valence-electron chi connectivity index (χ2n) is 4.40. The molecule has 1 aromatic heterocycles. The van der Waals surface area contributed by atoms with Crippen molar-refractivity contribution in [2.45, 2.75) is 38.6 Å². The van der Waals surface area contributed by atoms with Gasteiger partial charge in [0.2, 0.25) is 0 Å². The lowest BCUT2D eigenvalue weighted by Crippen LogP contribution is -2.34. The van der Waals surface area contributed by atoms with Crippen LogP contribution in [-0.2, 0) is 0 Å². The Morgan fingerprint density at radius 3 is 2.82 bits per heavy atom. The van der Waals surface area contributed by atoms with Crippen LogP contribution in [-0.4, -0.2) is 28.6 Å². The van der Waals surface area contributed by atoms with Crippen LogP contribution in [0.15, 0.2) is 18.3 Å². The summed E-state index contributed by atoms with van der Waals surface area (Å²) in [7, 11) is 0. The molecular weight excluding hydrogens is 216 g/mol. The van der Waals surface area contributed by atoms with E-state index in [9.17, 15) is 4.79 Å². The Kier molecular flexibility index (Phi) is 3.61. The number of anilines is 1. The van der Waals surface area contributed by atoms with Crippen molar-refractivity contribution in [1.29, 1.82) is 0 Å². The molecule has 1 aliphatic carbocycles. The van der Waals surface area contributed by atoms with Crippen molar-refractivity contribution in [1.82, 2.24) is 4.98 Å². The predicted molar refractivity (Wildman–Crippen MR) is 66.5 cm³/mol. The summed E-state index contributed by atoms with van der Waals surface area (Å²) in [4.78, 5) is 17.3. The Hall–Kier alpha value is -1.58. The van der Waals surface area contributed by atoms with E-state index in [1.807, 2.05) is 6.07 Å². The molecule has 1 fully saturated rings. The summed E-state index contributed by atoms with van der Waals surface area (Å²) in [6.45, 7) is 2.90. The monoisotopic (exact) mass is 234 g/mol. The summed E-state index contributed by atoms with van der Waals surface area (Å²) in [6.07, 6.45) is 6.33. The molecule has 0 saturated heterocycles. The molecule has 1 heterocycles. The molecule has 0 aromatic carbocycles. The number of hydrogen-bond donors (Lipinski definition) is 1. The fourth-order valence-corrected chi connectivity index (χ4v) is 2.63. The molecule has 17 heavy (non-hydrogen) atoms. The molecule has 0 atom stereocenters. The van der Waals surface area contributed by atoms with E-state index in [4.69, 9.17) is 5.11 Å². The molecular formula is C13H18N2O2. The Morgan fingerprint density at radius 2 is 2.24 bits per heavy atom. The fourth-order valence-electron chi connectivity index (χ4n) is 2.63. The van der Waals surface area contributed by atoms with Crippen molar-refractivity contribution in [2.75, 3.05) is 11.4 Å². The first-order valence-corrected chi connectivity index (χ1v) is 6.19. The largest absolute Gasteiger partial charge is 0.476 e. The van der Waals surface area contributed by atoms with Crippen LogP contribution < -0.4 is 4.90 Å². The molecule has 0 aliphatic heterocycles. The molecule has 0 radical (unpaired) electrons. The molecule has 0 amide bonds. The number of pyridine rings is 1. The first kappa shape index (κ1) is 11.9. The van der Waals surface area contributed by atoms with Crippen molar-refractivity contribution < 1.29 is 9.90 Å². The molecule has 1 aromatic rings. The number of rotatable bonds is 4. The molecule has 2 rings (SSSR count). The zero-order valence-electron chi connectivity index (χ0n) is 10.1. The van der Waals surface area contributed by atoms with E-state index < -0.39 is 5.97 Å². The summed E-state index contributed by atoms with van der Waals surface area (Å²) in [5.74, 6) is -0.947. The lowest BCUT2D eigenvalue weighted by Gasteiger charge is -2.30. The standard InChI is InChI=1S/C13H18N2O2/c1-2-15(10-6-3-4-7-10)11-8-5-9-14-12(11)13(16)17/h5,8-10H,2-4,6-7H2,1H3,(H,16,17). The van der Waals surface area contributed by atoms with Gasteiger partial charge in [-0.3, -0.25) is 0 Å². The minimum absolute atomic E-state index is 0.168. The second-order valence-corrected chi connectivity index (χ2v) is 4.40. The number of hydrogen-bond acceptors (Lipinski definition) is 3. The Morgan fingerprint density at radius 1 is 1.53 bits per heavy atom. The minimum Gasteiger partial charge on any atom is -0.476 e. The molecule has 1 saturated carbocycles. The van der Waals surface area contributed by atoms with Gasteiger partial charge in [-0.25, -0.2) is 9.78 Å². The van der Waals surface area contributed by atoms with Gasteiger partial charge in [-0.2, -0.15) is 0 Å². The van der Waals surface area contributed by atoms with Gasteiger partial charge in [0.05, 0.1) is 5.69 Å². The quantitative estimate of drug-likeness (QED) is 0.869. The van der Waals surface area contributed by atoms with Gasteiger partial charge in [-0.05, 0) is 31.9 Å². The number of nitrogens with zero attached hydrogens (tertiary/aromatic N) is 2. The Bertz CT molecular complexity index is 400. The highest BCUT2D eigenvalue weighted by Crippen LogP contribution is 2.29. The maximum absolute atomic E-state index is 11.2. The average molecular weight is 234 g/mol. The maximum atomic E-state index is 11.2. The minimum atomic E-state index is -0.947. The third kappa shape index (κ3) is 2.40. The molecule has 4 nitrogen and oxygen atoms in total. The zero-order valence-corrected chi connectivity index (χ0v) is 10.1. The first-order chi connectivity index (χ1) is 8.24. The van der Waals surface area contributed by atoms with Crippen LogP contribution in [0.5, 0.6) is 0 Å². The number of carboxylic acid groups (broad SMARTS) is 1. The molecule has 1 aliphatic rings. The summed E-state index contributed by atoms with van der Waals surface area (Å²) >= 11 is 0. The topological polar surface area (TPSA) is 53.4 Å². The second kappa shape index (κ2) is 5.17. The SMILES string of the molecule is CCN(c1cccnc1C(=O)O)C1CCCC1. The fraction of sp³-hybridized carbons (Fsp3) is 0.538. The van der Waals surface area contributed by atoms with E-state index in [0.29, 0.717) is 6.04 Å². The lowest BCUT2D eigenvalue weighted by atomic mass is 10.1. The van der Waals surface area contributed by atoms with Crippen LogP contribution in [0.2, 0.25) is 0 Å². The average Bonchev–Trinajstić information content (AvgIpc) is 2.84. The number of carboxylic acids is 1. The van der Waals surface area contributed by atoms with Crippen molar-refractivity contribution in [3.8, 4) is 0 Å². The smallest absolute Gasteiger partial charge is 0.356 e. The van der Waals surface area contributed by atoms with Crippen LogP contribution in [0.25, 0.3) is 0 Å². The highest BCUT2D eigenvalue weighted by molar-refractivity contribution is 5.92. The van der Waals surface area contributed by atoms with E-state index in [1.165, 1.54) is 19.0 Å². The van der Waals surface area contributed by atoms with Crippen LogP contribution in [0, 0.1) is 0 Å². The molecule has 0 bridgehead atoms. The van der Waals surface area contributed by atoms with Gasteiger partial charge in [0.15, 0.2) is 5.69 Å². The van der Waals surface area contributed by atoms with E-state index in [1.54, 1.807) is 6.07 Å². The van der Waals surface area contributed by atoms with Crippen LogP contribution in [0.4, 0.5) is 5.69 Å². The summed E-state index contributed by atoms with van der Waals surface area (Å²) in [5, 5.41) is 9.16. The number of aromatic carboxylic acids is 1. The van der Waals surface area contributed by atoms with Gasteiger partial charge in [-0.15, -0.1) is 0 Å². The van der Waals surface area contributed by atoms with Gasteiger partial charge in [0.25, 0.3) is 0 Å². The zero-order chi connectivity index (χ0) is 12.3. The number of aromatic nitrogens is 1. The highest BCUT2D eigenvalue weighted by Gasteiger charge is 2.25. The maximum Gasteiger partial charge on any atom is 0.356 e. The molecule has 0 unspecified atom stereocenters. The number of carbonyl (C=O) groups is 1. The van der Waals surface area contributed by atoms with E-state index >= 15 is 0 Å². The Labute approximate surface area is 101 Å². The summed E-state index contributed by atoms with van der Waals surface area (Å²) in [5.41, 5.74) is 0.927. The first-order valence-electron chi connectivity index (χ1n) is 6.19. The summed E-state index contributed by atoms with van der Waals surface area (Å²) in [6, 6.07) is 4.14. The lowest BCUT2D eigenvalue weighted by molar-refractivity contribution is 0.0691. The Balaban J connectivity index is 2.32. The predicted octanol–water partition coefficient (Wildman–Crippen LogP) is 2.55.